The van der Waals surface area contributed by atoms with Gasteiger partial charge in [-0.25, -0.2) is 4.79 Å². The van der Waals surface area contributed by atoms with E-state index < -0.39 is 17.6 Å². The van der Waals surface area contributed by atoms with Gasteiger partial charge in [-0.15, -0.1) is 0 Å². The number of rotatable bonds is 8. The van der Waals surface area contributed by atoms with E-state index in [4.69, 9.17) is 15.5 Å². The van der Waals surface area contributed by atoms with Crippen LogP contribution in [-0.4, -0.2) is 28.5 Å². The van der Waals surface area contributed by atoms with Gasteiger partial charge in [-0.05, 0) is 76.8 Å². The number of aromatic nitrogens is 1. The summed E-state index contributed by atoms with van der Waals surface area (Å²) in [5.74, 6) is -0.606. The predicted octanol–water partition coefficient (Wildman–Crippen LogP) is 5.94. The second-order valence-electron chi connectivity index (χ2n) is 11.1. The van der Waals surface area contributed by atoms with Crippen LogP contribution in [0.15, 0.2) is 48.5 Å². The average molecular weight is 531 g/mol. The van der Waals surface area contributed by atoms with E-state index in [1.165, 1.54) is 12.1 Å². The van der Waals surface area contributed by atoms with Crippen molar-refractivity contribution in [2.45, 2.75) is 67.0 Å². The van der Waals surface area contributed by atoms with E-state index in [-0.39, 0.29) is 12.5 Å². The van der Waals surface area contributed by atoms with Gasteiger partial charge in [-0.2, -0.15) is 0 Å². The fraction of sp³-hybridized carbons (Fsp3) is 0.355. The summed E-state index contributed by atoms with van der Waals surface area (Å²) in [6.07, 6.45) is 0.155. The number of nitrogens with zero attached hydrogens (tertiary/aromatic N) is 1. The Morgan fingerprint density at radius 1 is 0.949 bits per heavy atom. The summed E-state index contributed by atoms with van der Waals surface area (Å²) >= 11 is 0. The minimum atomic E-state index is -0.640. The quantitative estimate of drug-likeness (QED) is 0.333. The van der Waals surface area contributed by atoms with Crippen molar-refractivity contribution in [3.8, 4) is 11.1 Å². The molecule has 3 rings (SSSR count). The number of aryl methyl sites for hydroxylation is 2. The lowest BCUT2D eigenvalue weighted by Crippen LogP contribution is -2.32. The first-order chi connectivity index (χ1) is 18.2. The lowest BCUT2D eigenvalue weighted by atomic mass is 9.92. The van der Waals surface area contributed by atoms with Crippen LogP contribution in [0.3, 0.4) is 0 Å². The summed E-state index contributed by atoms with van der Waals surface area (Å²) < 4.78 is 5.47. The molecule has 1 aromatic heterocycles. The van der Waals surface area contributed by atoms with Crippen LogP contribution in [0.2, 0.25) is 0 Å². The third kappa shape index (κ3) is 7.89. The van der Waals surface area contributed by atoms with Gasteiger partial charge >= 0.3 is 6.09 Å². The van der Waals surface area contributed by atoms with E-state index >= 15 is 0 Å². The fourth-order valence-corrected chi connectivity index (χ4v) is 4.19. The number of alkyl carbamates (subject to hydrolysis) is 1. The van der Waals surface area contributed by atoms with E-state index in [1.54, 1.807) is 12.1 Å². The predicted molar refractivity (Wildman–Crippen MR) is 154 cm³/mol. The van der Waals surface area contributed by atoms with Crippen molar-refractivity contribution < 1.29 is 19.1 Å². The molecule has 8 nitrogen and oxygen atoms in total. The largest absolute Gasteiger partial charge is 0.444 e. The highest BCUT2D eigenvalue weighted by Gasteiger charge is 2.23. The van der Waals surface area contributed by atoms with Crippen LogP contribution in [0, 0.1) is 19.8 Å². The van der Waals surface area contributed by atoms with Gasteiger partial charge in [-0.3, -0.25) is 14.6 Å². The second-order valence-corrected chi connectivity index (χ2v) is 11.1. The van der Waals surface area contributed by atoms with Gasteiger partial charge in [0.15, 0.2) is 0 Å². The topological polar surface area (TPSA) is 123 Å². The Kier molecular flexibility index (Phi) is 9.11. The molecule has 4 N–H and O–H groups in total. The van der Waals surface area contributed by atoms with Crippen molar-refractivity contribution in [2.75, 3.05) is 5.32 Å². The minimum absolute atomic E-state index is 0.170. The molecule has 39 heavy (non-hydrogen) atoms. The number of amides is 3. The summed E-state index contributed by atoms with van der Waals surface area (Å²) in [6, 6.07) is 14.2. The SMILES string of the molecule is Cc1ccc(-c2c(CNC(=O)OC(C)(C)C)c(CC(C)C)nc(C)c2NC(=O)c2ccc(C(N)=O)cc2)cc1. The Labute approximate surface area is 230 Å². The highest BCUT2D eigenvalue weighted by Crippen LogP contribution is 2.36. The molecule has 0 aliphatic heterocycles. The van der Waals surface area contributed by atoms with Gasteiger partial charge in [0.1, 0.15) is 5.60 Å². The van der Waals surface area contributed by atoms with Crippen LogP contribution >= 0.6 is 0 Å². The van der Waals surface area contributed by atoms with Crippen LogP contribution in [0.1, 0.15) is 77.8 Å². The van der Waals surface area contributed by atoms with Crippen LogP contribution in [0.25, 0.3) is 11.1 Å². The molecule has 1 heterocycles. The van der Waals surface area contributed by atoms with E-state index in [9.17, 15) is 14.4 Å². The van der Waals surface area contributed by atoms with E-state index in [0.29, 0.717) is 34.8 Å². The highest BCUT2D eigenvalue weighted by atomic mass is 16.6. The van der Waals surface area contributed by atoms with Crippen LogP contribution in [0.5, 0.6) is 0 Å². The number of hydrogen-bond acceptors (Lipinski definition) is 5. The van der Waals surface area contributed by atoms with Crippen molar-refractivity contribution in [3.05, 3.63) is 82.2 Å². The number of pyridine rings is 1. The smallest absolute Gasteiger partial charge is 0.407 e. The Morgan fingerprint density at radius 2 is 1.54 bits per heavy atom. The molecule has 0 saturated carbocycles. The lowest BCUT2D eigenvalue weighted by molar-refractivity contribution is 0.0523. The third-order valence-corrected chi connectivity index (χ3v) is 5.98. The average Bonchev–Trinajstić information content (AvgIpc) is 2.84. The van der Waals surface area contributed by atoms with E-state index in [2.05, 4.69) is 24.5 Å². The normalized spacial score (nSPS) is 11.3. The number of anilines is 1. The third-order valence-electron chi connectivity index (χ3n) is 5.98. The molecule has 0 bridgehead atoms. The molecule has 8 heteroatoms. The molecule has 3 amide bonds. The van der Waals surface area contributed by atoms with Crippen molar-refractivity contribution in [3.63, 3.8) is 0 Å². The molecule has 0 atom stereocenters. The summed E-state index contributed by atoms with van der Waals surface area (Å²) in [5, 5.41) is 5.92. The maximum atomic E-state index is 13.3. The molecule has 0 fully saturated rings. The molecule has 206 valence electrons. The molecule has 0 aliphatic carbocycles. The van der Waals surface area contributed by atoms with Crippen molar-refractivity contribution in [2.24, 2.45) is 11.7 Å². The first kappa shape index (κ1) is 29.4. The first-order valence-corrected chi connectivity index (χ1v) is 13.0. The number of ether oxygens (including phenoxy) is 1. The van der Waals surface area contributed by atoms with Gasteiger partial charge in [0.05, 0.1) is 11.4 Å². The number of carbonyl (C=O) groups excluding carboxylic acids is 3. The zero-order chi connectivity index (χ0) is 28.9. The zero-order valence-electron chi connectivity index (χ0n) is 23.8. The molecule has 0 radical (unpaired) electrons. The number of primary amides is 1. The van der Waals surface area contributed by atoms with E-state index in [0.717, 1.165) is 27.9 Å². The molecule has 0 aliphatic rings. The summed E-state index contributed by atoms with van der Waals surface area (Å²) in [5.41, 5.74) is 11.0. The van der Waals surface area contributed by atoms with Crippen LogP contribution < -0.4 is 16.4 Å². The van der Waals surface area contributed by atoms with Gasteiger partial charge < -0.3 is 21.1 Å². The first-order valence-electron chi connectivity index (χ1n) is 13.0. The van der Waals surface area contributed by atoms with Crippen molar-refractivity contribution in [1.82, 2.24) is 10.3 Å². The number of hydrogen-bond donors (Lipinski definition) is 3. The standard InChI is InChI=1S/C31H38N4O4/c1-18(2)16-25-24(17-33-30(38)39-31(5,6)7)26(21-10-8-19(3)9-11-21)27(20(4)34-25)35-29(37)23-14-12-22(13-15-23)28(32)36/h8-15,18H,16-17H2,1-7H3,(H2,32,36)(H,33,38)(H,35,37). The van der Waals surface area contributed by atoms with Gasteiger partial charge in [-0.1, -0.05) is 43.7 Å². The maximum Gasteiger partial charge on any atom is 0.407 e. The van der Waals surface area contributed by atoms with Gasteiger partial charge in [0.2, 0.25) is 5.91 Å². The van der Waals surface area contributed by atoms with Gasteiger partial charge in [0, 0.05) is 34.5 Å². The van der Waals surface area contributed by atoms with Gasteiger partial charge in [0.25, 0.3) is 5.91 Å². The lowest BCUT2D eigenvalue weighted by Gasteiger charge is -2.24. The maximum absolute atomic E-state index is 13.3. The van der Waals surface area contributed by atoms with Crippen LogP contribution in [-0.2, 0) is 17.7 Å². The van der Waals surface area contributed by atoms with Crippen molar-refractivity contribution in [1.29, 1.82) is 0 Å². The molecule has 0 saturated heterocycles. The fourth-order valence-electron chi connectivity index (χ4n) is 4.19. The summed E-state index contributed by atoms with van der Waals surface area (Å²) in [7, 11) is 0. The molecule has 0 unspecified atom stereocenters. The zero-order valence-corrected chi connectivity index (χ0v) is 23.8. The molecule has 2 aromatic carbocycles. The number of benzene rings is 2. The minimum Gasteiger partial charge on any atom is -0.444 e. The second kappa shape index (κ2) is 12.1. The Hall–Kier alpha value is -4.20. The van der Waals surface area contributed by atoms with Crippen molar-refractivity contribution >= 4 is 23.6 Å². The molecule has 0 spiro atoms. The number of carbonyl (C=O) groups is 3. The van der Waals surface area contributed by atoms with E-state index in [1.807, 2.05) is 58.9 Å². The Morgan fingerprint density at radius 3 is 2.08 bits per heavy atom. The molecule has 3 aromatic rings. The Balaban J connectivity index is 2.13. The monoisotopic (exact) mass is 530 g/mol. The highest BCUT2D eigenvalue weighted by molar-refractivity contribution is 6.07. The van der Waals surface area contributed by atoms with Crippen LogP contribution in [0.4, 0.5) is 10.5 Å². The Bertz CT molecular complexity index is 1360. The summed E-state index contributed by atoms with van der Waals surface area (Å²) in [4.78, 5) is 42.3. The molecular formula is C31H38N4O4. The summed E-state index contributed by atoms with van der Waals surface area (Å²) in [6.45, 7) is 13.7. The number of nitrogens with two attached hydrogens (primary N) is 1. The molecular weight excluding hydrogens is 492 g/mol. The number of nitrogens with one attached hydrogen (secondary N) is 2.